The van der Waals surface area contributed by atoms with E-state index in [9.17, 15) is 10.2 Å². The van der Waals surface area contributed by atoms with Crippen LogP contribution in [0.25, 0.3) is 0 Å². The van der Waals surface area contributed by atoms with Gasteiger partial charge in [-0.15, -0.1) is 0 Å². The standard InChI is InChI=1S/C11H15NO2.HI/c1-12(2)6-5-9-8(7-12)3-4-10(13)11(9)14;/h3-4H,5-7H2,1-2H3,(H-,13,14);1H. The Kier molecular flexibility index (Phi) is 3.50. The molecule has 2 N–H and O–H groups in total. The number of likely N-dealkylation sites (N-methyl/N-ethyl adjacent to an activating group) is 1. The summed E-state index contributed by atoms with van der Waals surface area (Å²) in [4.78, 5) is 0. The van der Waals surface area contributed by atoms with E-state index < -0.39 is 0 Å². The summed E-state index contributed by atoms with van der Waals surface area (Å²) in [6.45, 7) is 1.92. The van der Waals surface area contributed by atoms with Crippen LogP contribution in [0.4, 0.5) is 0 Å². The van der Waals surface area contributed by atoms with Gasteiger partial charge in [-0.1, -0.05) is 0 Å². The Morgan fingerprint density at radius 1 is 1.20 bits per heavy atom. The van der Waals surface area contributed by atoms with Crippen molar-refractivity contribution in [2.75, 3.05) is 20.6 Å². The highest BCUT2D eigenvalue weighted by molar-refractivity contribution is 5.49. The van der Waals surface area contributed by atoms with Crippen LogP contribution in [0.3, 0.4) is 0 Å². The number of benzene rings is 1. The third-order valence-electron chi connectivity index (χ3n) is 2.92. The zero-order chi connectivity index (χ0) is 10.3. The molecule has 0 fully saturated rings. The van der Waals surface area contributed by atoms with Gasteiger partial charge < -0.3 is 38.7 Å². The van der Waals surface area contributed by atoms with Crippen molar-refractivity contribution >= 4 is 0 Å². The lowest BCUT2D eigenvalue weighted by molar-refractivity contribution is -0.905. The van der Waals surface area contributed by atoms with Gasteiger partial charge in [-0.25, -0.2) is 0 Å². The zero-order valence-corrected chi connectivity index (χ0v) is 11.2. The number of aromatic hydroxyl groups is 2. The minimum Gasteiger partial charge on any atom is -1.00 e. The third-order valence-corrected chi connectivity index (χ3v) is 2.92. The molecule has 0 atom stereocenters. The van der Waals surface area contributed by atoms with Crippen molar-refractivity contribution < 1.29 is 38.7 Å². The highest BCUT2D eigenvalue weighted by Crippen LogP contribution is 2.35. The van der Waals surface area contributed by atoms with Gasteiger partial charge >= 0.3 is 0 Å². The molecule has 0 saturated carbocycles. The molecule has 0 saturated heterocycles. The lowest BCUT2D eigenvalue weighted by Gasteiger charge is -2.35. The van der Waals surface area contributed by atoms with Crippen LogP contribution < -0.4 is 24.0 Å². The predicted octanol–water partition coefficient (Wildman–Crippen LogP) is -1.77. The number of phenols is 2. The number of hydrogen-bond donors (Lipinski definition) is 2. The highest BCUT2D eigenvalue weighted by atomic mass is 127. The molecule has 1 aromatic rings. The fourth-order valence-corrected chi connectivity index (χ4v) is 2.05. The summed E-state index contributed by atoms with van der Waals surface area (Å²) < 4.78 is 0.942. The smallest absolute Gasteiger partial charge is 0.161 e. The van der Waals surface area contributed by atoms with Crippen LogP contribution in [0, 0.1) is 0 Å². The lowest BCUT2D eigenvalue weighted by Crippen LogP contribution is -3.00. The van der Waals surface area contributed by atoms with E-state index in [2.05, 4.69) is 14.1 Å². The summed E-state index contributed by atoms with van der Waals surface area (Å²) in [5.41, 5.74) is 2.07. The fraction of sp³-hybridized carbons (Fsp3) is 0.455. The first-order chi connectivity index (χ1) is 6.49. The van der Waals surface area contributed by atoms with Gasteiger partial charge in [0.15, 0.2) is 11.5 Å². The fourth-order valence-electron chi connectivity index (χ4n) is 2.05. The summed E-state index contributed by atoms with van der Waals surface area (Å²) in [5, 5.41) is 19.0. The van der Waals surface area contributed by atoms with E-state index in [0.717, 1.165) is 35.1 Å². The first kappa shape index (κ1) is 12.6. The molecule has 0 bridgehead atoms. The minimum atomic E-state index is -0.00374. The molecular formula is C11H16INO2. The van der Waals surface area contributed by atoms with Gasteiger partial charge in [0.05, 0.1) is 20.6 Å². The van der Waals surface area contributed by atoms with Gasteiger partial charge in [-0.2, -0.15) is 0 Å². The summed E-state index contributed by atoms with van der Waals surface area (Å²) >= 11 is 0. The minimum absolute atomic E-state index is 0. The summed E-state index contributed by atoms with van der Waals surface area (Å²) in [6.07, 6.45) is 0.836. The highest BCUT2D eigenvalue weighted by Gasteiger charge is 2.26. The third kappa shape index (κ3) is 2.36. The molecule has 0 unspecified atom stereocenters. The van der Waals surface area contributed by atoms with Crippen molar-refractivity contribution in [1.82, 2.24) is 0 Å². The maximum absolute atomic E-state index is 9.66. The van der Waals surface area contributed by atoms with Crippen molar-refractivity contribution in [2.45, 2.75) is 13.0 Å². The van der Waals surface area contributed by atoms with Gasteiger partial charge in [-0.3, -0.25) is 0 Å². The maximum atomic E-state index is 9.66. The lowest BCUT2D eigenvalue weighted by atomic mass is 9.97. The van der Waals surface area contributed by atoms with Crippen LogP contribution >= 0.6 is 0 Å². The Morgan fingerprint density at radius 3 is 2.53 bits per heavy atom. The molecule has 2 rings (SSSR count). The van der Waals surface area contributed by atoms with E-state index in [1.165, 1.54) is 0 Å². The van der Waals surface area contributed by atoms with Crippen molar-refractivity contribution in [3.05, 3.63) is 23.3 Å². The zero-order valence-electron chi connectivity index (χ0n) is 9.00. The van der Waals surface area contributed by atoms with Crippen molar-refractivity contribution in [3.8, 4) is 11.5 Å². The molecule has 15 heavy (non-hydrogen) atoms. The number of nitrogens with zero attached hydrogens (tertiary/aromatic N) is 1. The quantitative estimate of drug-likeness (QED) is 0.338. The Bertz CT molecular complexity index is 377. The number of quaternary nitrogens is 1. The molecule has 0 radical (unpaired) electrons. The van der Waals surface area contributed by atoms with Gasteiger partial charge in [0, 0.05) is 17.5 Å². The van der Waals surface area contributed by atoms with Crippen molar-refractivity contribution in [3.63, 3.8) is 0 Å². The van der Waals surface area contributed by atoms with E-state index in [-0.39, 0.29) is 35.5 Å². The largest absolute Gasteiger partial charge is 1.00 e. The molecule has 1 heterocycles. The number of halogens is 1. The molecule has 0 aromatic heterocycles. The van der Waals surface area contributed by atoms with Crippen LogP contribution in [-0.4, -0.2) is 35.3 Å². The van der Waals surface area contributed by atoms with Gasteiger partial charge in [0.1, 0.15) is 6.54 Å². The Hall–Kier alpha value is -0.490. The molecule has 84 valence electrons. The molecule has 4 heteroatoms. The van der Waals surface area contributed by atoms with Crippen LogP contribution in [0.1, 0.15) is 11.1 Å². The van der Waals surface area contributed by atoms with Crippen LogP contribution in [0.2, 0.25) is 0 Å². The van der Waals surface area contributed by atoms with E-state index >= 15 is 0 Å². The number of rotatable bonds is 0. The van der Waals surface area contributed by atoms with E-state index in [1.54, 1.807) is 6.07 Å². The second-order valence-corrected chi connectivity index (χ2v) is 4.64. The molecule has 1 aliphatic heterocycles. The summed E-state index contributed by atoms with van der Waals surface area (Å²) in [7, 11) is 4.35. The van der Waals surface area contributed by atoms with Crippen molar-refractivity contribution in [1.29, 1.82) is 0 Å². The number of phenolic OH excluding ortho intramolecular Hbond substituents is 2. The Morgan fingerprint density at radius 2 is 1.87 bits per heavy atom. The molecule has 0 spiro atoms. The first-order valence-electron chi connectivity index (χ1n) is 4.84. The van der Waals surface area contributed by atoms with Gasteiger partial charge in [0.2, 0.25) is 0 Å². The molecule has 0 aliphatic carbocycles. The Balaban J connectivity index is 0.00000112. The topological polar surface area (TPSA) is 40.5 Å². The predicted molar refractivity (Wildman–Crippen MR) is 54.2 cm³/mol. The van der Waals surface area contributed by atoms with Crippen LogP contribution in [0.5, 0.6) is 11.5 Å². The van der Waals surface area contributed by atoms with E-state index in [1.807, 2.05) is 6.07 Å². The van der Waals surface area contributed by atoms with E-state index in [4.69, 9.17) is 0 Å². The summed E-state index contributed by atoms with van der Waals surface area (Å²) in [6, 6.07) is 3.48. The molecule has 1 aromatic carbocycles. The van der Waals surface area contributed by atoms with E-state index in [0.29, 0.717) is 0 Å². The normalized spacial score (nSPS) is 17.7. The average molecular weight is 321 g/mol. The number of hydrogen-bond acceptors (Lipinski definition) is 2. The second-order valence-electron chi connectivity index (χ2n) is 4.64. The van der Waals surface area contributed by atoms with Crippen LogP contribution in [0.15, 0.2) is 12.1 Å². The number of fused-ring (bicyclic) bond motifs is 1. The summed E-state index contributed by atoms with van der Waals surface area (Å²) in [5.74, 6) is 0.0677. The average Bonchev–Trinajstić information content (AvgIpc) is 2.10. The molecule has 0 amide bonds. The first-order valence-corrected chi connectivity index (χ1v) is 4.84. The Labute approximate surface area is 107 Å². The molecule has 3 nitrogen and oxygen atoms in total. The molecule has 1 aliphatic rings. The van der Waals surface area contributed by atoms with Crippen LogP contribution in [-0.2, 0) is 13.0 Å². The monoisotopic (exact) mass is 321 g/mol. The maximum Gasteiger partial charge on any atom is 0.161 e. The van der Waals surface area contributed by atoms with Crippen molar-refractivity contribution in [2.24, 2.45) is 0 Å². The van der Waals surface area contributed by atoms with Gasteiger partial charge in [-0.05, 0) is 12.1 Å². The molecular weight excluding hydrogens is 305 g/mol. The second kappa shape index (κ2) is 4.17. The SMILES string of the molecule is C[N+]1(C)CCc2c(ccc(O)c2O)C1.[I-]. The van der Waals surface area contributed by atoms with Gasteiger partial charge in [0.25, 0.3) is 0 Å².